The van der Waals surface area contributed by atoms with E-state index in [1.54, 1.807) is 30.5 Å². The number of aryl methyl sites for hydroxylation is 2. The van der Waals surface area contributed by atoms with Gasteiger partial charge in [-0.2, -0.15) is 5.10 Å². The molecule has 4 rings (SSSR count). The van der Waals surface area contributed by atoms with E-state index in [1.165, 1.54) is 0 Å². The molecular weight excluding hydrogens is 402 g/mol. The monoisotopic (exact) mass is 425 g/mol. The average Bonchev–Trinajstić information content (AvgIpc) is 3.06. The molecular formula is C26H23N3O3. The van der Waals surface area contributed by atoms with E-state index >= 15 is 0 Å². The van der Waals surface area contributed by atoms with Gasteiger partial charge in [-0.25, -0.2) is 10.2 Å². The van der Waals surface area contributed by atoms with Crippen LogP contribution < -0.4 is 5.43 Å². The number of hydrazone groups is 1. The van der Waals surface area contributed by atoms with Crippen LogP contribution in [0, 0.1) is 20.8 Å². The van der Waals surface area contributed by atoms with Gasteiger partial charge in [0.2, 0.25) is 0 Å². The summed E-state index contributed by atoms with van der Waals surface area (Å²) in [6.45, 7) is 5.82. The molecule has 0 aliphatic carbocycles. The van der Waals surface area contributed by atoms with Gasteiger partial charge in [0.15, 0.2) is 0 Å². The summed E-state index contributed by atoms with van der Waals surface area (Å²) in [6.07, 6.45) is 1.62. The maximum Gasteiger partial charge on any atom is 0.335 e. The third-order valence-corrected chi connectivity index (χ3v) is 5.54. The molecule has 0 aliphatic rings. The predicted molar refractivity (Wildman–Crippen MR) is 126 cm³/mol. The van der Waals surface area contributed by atoms with Gasteiger partial charge in [0.1, 0.15) is 0 Å². The highest BCUT2D eigenvalue weighted by Gasteiger charge is 2.13. The molecule has 4 aromatic rings. The molecule has 32 heavy (non-hydrogen) atoms. The van der Waals surface area contributed by atoms with Crippen molar-refractivity contribution in [2.45, 2.75) is 20.8 Å². The standard InChI is InChI=1S/C26H23N3O3/c1-16-12-22(26(31)32)10-11-24(16)29-17(2)13-23(18(29)3)15-27-28-25(30)21-9-8-19-6-4-5-7-20(19)14-21/h4-15H,1-3H3,(H,28,30)(H,31,32)/b27-15+. The van der Waals surface area contributed by atoms with E-state index in [1.807, 2.05) is 67.8 Å². The second-order valence-electron chi connectivity index (χ2n) is 7.73. The summed E-state index contributed by atoms with van der Waals surface area (Å²) in [7, 11) is 0. The number of carbonyl (C=O) groups is 2. The van der Waals surface area contributed by atoms with Crippen molar-refractivity contribution in [1.29, 1.82) is 0 Å². The van der Waals surface area contributed by atoms with E-state index in [0.717, 1.165) is 39.0 Å². The van der Waals surface area contributed by atoms with E-state index in [2.05, 4.69) is 10.5 Å². The van der Waals surface area contributed by atoms with Crippen molar-refractivity contribution in [2.75, 3.05) is 0 Å². The molecule has 6 nitrogen and oxygen atoms in total. The smallest absolute Gasteiger partial charge is 0.335 e. The summed E-state index contributed by atoms with van der Waals surface area (Å²) in [6, 6.07) is 20.5. The molecule has 0 saturated carbocycles. The van der Waals surface area contributed by atoms with Gasteiger partial charge in [-0.3, -0.25) is 4.79 Å². The van der Waals surface area contributed by atoms with Crippen LogP contribution in [0.2, 0.25) is 0 Å². The van der Waals surface area contributed by atoms with Crippen LogP contribution in [0.4, 0.5) is 0 Å². The zero-order valence-electron chi connectivity index (χ0n) is 18.1. The Morgan fingerprint density at radius 2 is 1.62 bits per heavy atom. The zero-order chi connectivity index (χ0) is 22.8. The molecule has 0 fully saturated rings. The van der Waals surface area contributed by atoms with Gasteiger partial charge in [0.05, 0.1) is 11.8 Å². The normalized spacial score (nSPS) is 11.2. The number of nitrogens with zero attached hydrogens (tertiary/aromatic N) is 2. The molecule has 160 valence electrons. The number of hydrogen-bond acceptors (Lipinski definition) is 3. The van der Waals surface area contributed by atoms with Gasteiger partial charge in [-0.05, 0) is 73.5 Å². The Kier molecular flexibility index (Phi) is 5.60. The first-order valence-corrected chi connectivity index (χ1v) is 10.2. The summed E-state index contributed by atoms with van der Waals surface area (Å²) in [4.78, 5) is 23.7. The maximum atomic E-state index is 12.5. The number of aromatic nitrogens is 1. The topological polar surface area (TPSA) is 83.7 Å². The number of carboxylic acids is 1. The van der Waals surface area contributed by atoms with Crippen LogP contribution >= 0.6 is 0 Å². The second-order valence-corrected chi connectivity index (χ2v) is 7.73. The second kappa shape index (κ2) is 8.51. The fourth-order valence-corrected chi connectivity index (χ4v) is 3.88. The predicted octanol–water partition coefficient (Wildman–Crippen LogP) is 5.02. The highest BCUT2D eigenvalue weighted by molar-refractivity contribution is 5.99. The summed E-state index contributed by atoms with van der Waals surface area (Å²) in [5.41, 5.74) is 7.95. The lowest BCUT2D eigenvalue weighted by Gasteiger charge is -2.13. The van der Waals surface area contributed by atoms with Crippen LogP contribution in [0.3, 0.4) is 0 Å². The van der Waals surface area contributed by atoms with Crippen molar-refractivity contribution in [1.82, 2.24) is 9.99 Å². The highest BCUT2D eigenvalue weighted by atomic mass is 16.4. The number of hydrogen-bond donors (Lipinski definition) is 2. The molecule has 0 unspecified atom stereocenters. The lowest BCUT2D eigenvalue weighted by Crippen LogP contribution is -2.17. The third-order valence-electron chi connectivity index (χ3n) is 5.54. The van der Waals surface area contributed by atoms with Gasteiger partial charge in [0, 0.05) is 28.2 Å². The lowest BCUT2D eigenvalue weighted by atomic mass is 10.1. The third kappa shape index (κ3) is 4.03. The van der Waals surface area contributed by atoms with Crippen molar-refractivity contribution in [3.8, 4) is 5.69 Å². The lowest BCUT2D eigenvalue weighted by molar-refractivity contribution is 0.0696. The Morgan fingerprint density at radius 1 is 0.906 bits per heavy atom. The number of nitrogens with one attached hydrogen (secondary N) is 1. The Labute approximate surface area is 185 Å². The first kappa shape index (κ1) is 21.1. The molecule has 3 aromatic carbocycles. The number of amides is 1. The maximum absolute atomic E-state index is 12.5. The van der Waals surface area contributed by atoms with Crippen LogP contribution in [0.15, 0.2) is 71.8 Å². The van der Waals surface area contributed by atoms with Crippen molar-refractivity contribution in [2.24, 2.45) is 5.10 Å². The van der Waals surface area contributed by atoms with Crippen LogP contribution in [-0.2, 0) is 0 Å². The SMILES string of the molecule is Cc1cc(C(=O)O)ccc1-n1c(C)cc(/C=N/NC(=O)c2ccc3ccccc3c2)c1C. The summed E-state index contributed by atoms with van der Waals surface area (Å²) >= 11 is 0. The number of carbonyl (C=O) groups excluding carboxylic acids is 1. The molecule has 0 radical (unpaired) electrons. The Balaban J connectivity index is 1.55. The van der Waals surface area contributed by atoms with Crippen molar-refractivity contribution < 1.29 is 14.7 Å². The molecule has 1 aromatic heterocycles. The van der Waals surface area contributed by atoms with Crippen LogP contribution in [0.5, 0.6) is 0 Å². The molecule has 6 heteroatoms. The van der Waals surface area contributed by atoms with Gasteiger partial charge in [-0.1, -0.05) is 30.3 Å². The van der Waals surface area contributed by atoms with E-state index in [9.17, 15) is 14.7 Å². The molecule has 0 aliphatic heterocycles. The minimum Gasteiger partial charge on any atom is -0.478 e. The quantitative estimate of drug-likeness (QED) is 0.348. The molecule has 0 bridgehead atoms. The average molecular weight is 425 g/mol. The van der Waals surface area contributed by atoms with Crippen LogP contribution in [-0.4, -0.2) is 27.8 Å². The number of rotatable bonds is 5. The first-order valence-electron chi connectivity index (χ1n) is 10.2. The van der Waals surface area contributed by atoms with E-state index < -0.39 is 5.97 Å². The highest BCUT2D eigenvalue weighted by Crippen LogP contribution is 2.23. The van der Waals surface area contributed by atoms with E-state index in [-0.39, 0.29) is 11.5 Å². The molecule has 0 spiro atoms. The largest absolute Gasteiger partial charge is 0.478 e. The molecule has 0 saturated heterocycles. The number of aromatic carboxylic acids is 1. The first-order chi connectivity index (χ1) is 15.3. The summed E-state index contributed by atoms with van der Waals surface area (Å²) in [5, 5.41) is 15.4. The van der Waals surface area contributed by atoms with Crippen molar-refractivity contribution in [3.63, 3.8) is 0 Å². The van der Waals surface area contributed by atoms with Gasteiger partial charge in [-0.15, -0.1) is 0 Å². The number of carboxylic acid groups (broad SMARTS) is 1. The summed E-state index contributed by atoms with van der Waals surface area (Å²) in [5.74, 6) is -1.23. The van der Waals surface area contributed by atoms with Crippen LogP contribution in [0.25, 0.3) is 16.5 Å². The van der Waals surface area contributed by atoms with E-state index in [0.29, 0.717) is 5.56 Å². The van der Waals surface area contributed by atoms with Crippen molar-refractivity contribution >= 4 is 28.9 Å². The van der Waals surface area contributed by atoms with Gasteiger partial charge in [0.25, 0.3) is 5.91 Å². The Morgan fingerprint density at radius 3 is 2.34 bits per heavy atom. The van der Waals surface area contributed by atoms with E-state index in [4.69, 9.17) is 0 Å². The van der Waals surface area contributed by atoms with Gasteiger partial charge < -0.3 is 9.67 Å². The van der Waals surface area contributed by atoms with Crippen LogP contribution in [0.1, 0.15) is 43.2 Å². The zero-order valence-corrected chi connectivity index (χ0v) is 18.1. The van der Waals surface area contributed by atoms with Crippen molar-refractivity contribution in [3.05, 3.63) is 100 Å². The Bertz CT molecular complexity index is 1380. The minimum absolute atomic E-state index is 0.256. The fourth-order valence-electron chi connectivity index (χ4n) is 3.88. The molecule has 1 amide bonds. The minimum atomic E-state index is -0.949. The number of fused-ring (bicyclic) bond motifs is 1. The number of benzene rings is 3. The molecule has 2 N–H and O–H groups in total. The molecule has 1 heterocycles. The molecule has 0 atom stereocenters. The fraction of sp³-hybridized carbons (Fsp3) is 0.115. The summed E-state index contributed by atoms with van der Waals surface area (Å²) < 4.78 is 2.05. The Hall–Kier alpha value is -4.19. The van der Waals surface area contributed by atoms with Gasteiger partial charge >= 0.3 is 5.97 Å².